The number of para-hydroxylation sites is 1. The maximum absolute atomic E-state index is 12.4. The Bertz CT molecular complexity index is 798. The van der Waals surface area contributed by atoms with E-state index in [1.165, 1.54) is 5.69 Å². The number of benzene rings is 2. The van der Waals surface area contributed by atoms with Gasteiger partial charge in [-0.2, -0.15) is 0 Å². The predicted molar refractivity (Wildman–Crippen MR) is 115 cm³/mol. The van der Waals surface area contributed by atoms with Crippen molar-refractivity contribution in [1.82, 2.24) is 4.90 Å². The molecule has 5 heteroatoms. The molecular weight excluding hydrogens is 350 g/mol. The van der Waals surface area contributed by atoms with Gasteiger partial charge in [0, 0.05) is 44.0 Å². The van der Waals surface area contributed by atoms with Gasteiger partial charge in [0.25, 0.3) is 0 Å². The monoisotopic (exact) mass is 381 g/mol. The van der Waals surface area contributed by atoms with Gasteiger partial charge in [-0.05, 0) is 55.3 Å². The topological polar surface area (TPSA) is 44.8 Å². The van der Waals surface area contributed by atoms with Gasteiger partial charge in [-0.1, -0.05) is 25.1 Å². The minimum Gasteiger partial charge on any atom is -0.496 e. The molecule has 1 saturated heterocycles. The van der Waals surface area contributed by atoms with E-state index in [1.807, 2.05) is 30.3 Å². The van der Waals surface area contributed by atoms with Crippen LogP contribution in [0.15, 0.2) is 42.5 Å². The number of rotatable bonds is 7. The largest absolute Gasteiger partial charge is 0.496 e. The highest BCUT2D eigenvalue weighted by atomic mass is 16.5. The van der Waals surface area contributed by atoms with Gasteiger partial charge in [0.15, 0.2) is 0 Å². The first kappa shape index (κ1) is 20.2. The van der Waals surface area contributed by atoms with E-state index in [2.05, 4.69) is 41.1 Å². The summed E-state index contributed by atoms with van der Waals surface area (Å²) in [7, 11) is 1.66. The fourth-order valence-electron chi connectivity index (χ4n) is 3.68. The fourth-order valence-corrected chi connectivity index (χ4v) is 3.68. The molecule has 0 unspecified atom stereocenters. The number of likely N-dealkylation sites (N-methyl/N-ethyl adjacent to an activating group) is 1. The van der Waals surface area contributed by atoms with Crippen molar-refractivity contribution in [2.45, 2.75) is 26.7 Å². The van der Waals surface area contributed by atoms with Crippen LogP contribution in [0.4, 0.5) is 11.4 Å². The number of carbonyl (C=O) groups excluding carboxylic acids is 1. The zero-order chi connectivity index (χ0) is 19.9. The molecule has 1 fully saturated rings. The van der Waals surface area contributed by atoms with Crippen LogP contribution in [-0.2, 0) is 11.2 Å². The van der Waals surface area contributed by atoms with E-state index in [-0.39, 0.29) is 5.91 Å². The lowest BCUT2D eigenvalue weighted by Crippen LogP contribution is -2.46. The lowest BCUT2D eigenvalue weighted by atomic mass is 10.1. The van der Waals surface area contributed by atoms with E-state index in [0.717, 1.165) is 55.3 Å². The first-order valence-electron chi connectivity index (χ1n) is 10.1. The maximum Gasteiger partial charge on any atom is 0.224 e. The molecule has 0 spiro atoms. The number of nitrogens with zero attached hydrogens (tertiary/aromatic N) is 2. The lowest BCUT2D eigenvalue weighted by molar-refractivity contribution is -0.116. The quantitative estimate of drug-likeness (QED) is 0.794. The first-order valence-corrected chi connectivity index (χ1v) is 10.1. The normalized spacial score (nSPS) is 14.8. The highest BCUT2D eigenvalue weighted by molar-refractivity contribution is 5.92. The summed E-state index contributed by atoms with van der Waals surface area (Å²) in [6.07, 6.45) is 1.09. The van der Waals surface area contributed by atoms with Gasteiger partial charge < -0.3 is 19.9 Å². The Hall–Kier alpha value is -2.53. The van der Waals surface area contributed by atoms with E-state index >= 15 is 0 Å². The number of carbonyl (C=O) groups is 1. The van der Waals surface area contributed by atoms with Crippen LogP contribution in [-0.4, -0.2) is 50.6 Å². The summed E-state index contributed by atoms with van der Waals surface area (Å²) in [6.45, 7) is 9.71. The summed E-state index contributed by atoms with van der Waals surface area (Å²) >= 11 is 0. The number of methoxy groups -OCH3 is 1. The third kappa shape index (κ3) is 5.04. The number of aryl methyl sites for hydroxylation is 2. The Balaban J connectivity index is 1.56. The molecule has 0 radical (unpaired) electrons. The summed E-state index contributed by atoms with van der Waals surface area (Å²) in [5.41, 5.74) is 4.28. The van der Waals surface area contributed by atoms with Gasteiger partial charge in [-0.3, -0.25) is 4.79 Å². The van der Waals surface area contributed by atoms with Crippen molar-refractivity contribution < 1.29 is 9.53 Å². The van der Waals surface area contributed by atoms with Gasteiger partial charge in [-0.15, -0.1) is 0 Å². The maximum atomic E-state index is 12.4. The molecule has 3 rings (SSSR count). The van der Waals surface area contributed by atoms with E-state index in [0.29, 0.717) is 12.8 Å². The molecule has 28 heavy (non-hydrogen) atoms. The van der Waals surface area contributed by atoms with E-state index < -0.39 is 0 Å². The van der Waals surface area contributed by atoms with E-state index in [4.69, 9.17) is 4.74 Å². The molecule has 0 aromatic heterocycles. The van der Waals surface area contributed by atoms with Crippen LogP contribution in [0.5, 0.6) is 5.75 Å². The molecular formula is C23H31N3O2. The molecule has 0 aliphatic carbocycles. The van der Waals surface area contributed by atoms with Crippen LogP contribution < -0.4 is 15.0 Å². The zero-order valence-electron chi connectivity index (χ0n) is 17.2. The standard InChI is InChI=1S/C23H31N3O2/c1-4-25-13-15-26(16-14-25)20-10-11-21(18(2)17-20)24-23(27)12-9-19-7-5-6-8-22(19)28-3/h5-8,10-11,17H,4,9,12-16H2,1-3H3,(H,24,27). The SMILES string of the molecule is CCN1CCN(c2ccc(NC(=O)CCc3ccccc3OC)c(C)c2)CC1. The Morgan fingerprint density at radius 2 is 1.86 bits per heavy atom. The Kier molecular flexibility index (Phi) is 6.93. The van der Waals surface area contributed by atoms with Gasteiger partial charge in [0.05, 0.1) is 7.11 Å². The second-order valence-electron chi connectivity index (χ2n) is 7.28. The highest BCUT2D eigenvalue weighted by Crippen LogP contribution is 2.24. The van der Waals surface area contributed by atoms with Crippen LogP contribution in [0.1, 0.15) is 24.5 Å². The Morgan fingerprint density at radius 3 is 2.54 bits per heavy atom. The van der Waals surface area contributed by atoms with Crippen LogP contribution in [0.25, 0.3) is 0 Å². The smallest absolute Gasteiger partial charge is 0.224 e. The molecule has 1 heterocycles. The molecule has 0 bridgehead atoms. The summed E-state index contributed by atoms with van der Waals surface area (Å²) in [6, 6.07) is 14.2. The first-order chi connectivity index (χ1) is 13.6. The molecule has 5 nitrogen and oxygen atoms in total. The summed E-state index contributed by atoms with van der Waals surface area (Å²) < 4.78 is 5.36. The average Bonchev–Trinajstić information content (AvgIpc) is 2.74. The molecule has 2 aromatic rings. The van der Waals surface area contributed by atoms with Crippen molar-refractivity contribution in [2.75, 3.05) is 50.1 Å². The molecule has 150 valence electrons. The predicted octanol–water partition coefficient (Wildman–Crippen LogP) is 3.72. The van der Waals surface area contributed by atoms with Crippen LogP contribution >= 0.6 is 0 Å². The number of ether oxygens (including phenoxy) is 1. The van der Waals surface area contributed by atoms with Crippen molar-refractivity contribution in [3.63, 3.8) is 0 Å². The van der Waals surface area contributed by atoms with Crippen molar-refractivity contribution in [1.29, 1.82) is 0 Å². The van der Waals surface area contributed by atoms with Crippen molar-refractivity contribution in [3.8, 4) is 5.75 Å². The number of nitrogens with one attached hydrogen (secondary N) is 1. The number of hydrogen-bond donors (Lipinski definition) is 1. The van der Waals surface area contributed by atoms with Gasteiger partial charge in [-0.25, -0.2) is 0 Å². The average molecular weight is 382 g/mol. The van der Waals surface area contributed by atoms with Gasteiger partial charge in [0.2, 0.25) is 5.91 Å². The minimum atomic E-state index is 0.0262. The summed E-state index contributed by atoms with van der Waals surface area (Å²) in [4.78, 5) is 17.3. The molecule has 1 N–H and O–H groups in total. The van der Waals surface area contributed by atoms with Crippen LogP contribution in [0.3, 0.4) is 0 Å². The molecule has 1 aliphatic rings. The zero-order valence-corrected chi connectivity index (χ0v) is 17.2. The van der Waals surface area contributed by atoms with E-state index in [1.54, 1.807) is 7.11 Å². The summed E-state index contributed by atoms with van der Waals surface area (Å²) in [5.74, 6) is 0.859. The van der Waals surface area contributed by atoms with Gasteiger partial charge in [0.1, 0.15) is 5.75 Å². The van der Waals surface area contributed by atoms with E-state index in [9.17, 15) is 4.79 Å². The number of piperazine rings is 1. The van der Waals surface area contributed by atoms with Gasteiger partial charge >= 0.3 is 0 Å². The fraction of sp³-hybridized carbons (Fsp3) is 0.435. The number of anilines is 2. The van der Waals surface area contributed by atoms with Crippen molar-refractivity contribution in [2.24, 2.45) is 0 Å². The number of hydrogen-bond acceptors (Lipinski definition) is 4. The Labute approximate surface area is 168 Å². The van der Waals surface area contributed by atoms with Crippen LogP contribution in [0, 0.1) is 6.92 Å². The van der Waals surface area contributed by atoms with Crippen LogP contribution in [0.2, 0.25) is 0 Å². The second kappa shape index (κ2) is 9.60. The third-order valence-electron chi connectivity index (χ3n) is 5.48. The van der Waals surface area contributed by atoms with Crippen molar-refractivity contribution >= 4 is 17.3 Å². The minimum absolute atomic E-state index is 0.0262. The highest BCUT2D eigenvalue weighted by Gasteiger charge is 2.16. The second-order valence-corrected chi connectivity index (χ2v) is 7.28. The van der Waals surface area contributed by atoms with Crippen molar-refractivity contribution in [3.05, 3.63) is 53.6 Å². The lowest BCUT2D eigenvalue weighted by Gasteiger charge is -2.35. The molecule has 0 atom stereocenters. The summed E-state index contributed by atoms with van der Waals surface area (Å²) in [5, 5.41) is 3.06. The Morgan fingerprint density at radius 1 is 1.11 bits per heavy atom. The number of amides is 1. The molecule has 2 aromatic carbocycles. The third-order valence-corrected chi connectivity index (χ3v) is 5.48. The molecule has 0 saturated carbocycles. The molecule has 1 amide bonds. The molecule has 1 aliphatic heterocycles.